The zero-order valence-electron chi connectivity index (χ0n) is 22.3. The maximum Gasteiger partial charge on any atom is 0.238 e. The lowest BCUT2D eigenvalue weighted by atomic mass is 9.57. The number of allylic oxidation sites excluding steroid dienone is 2. The minimum Gasteiger partial charge on any atom is -0.504 e. The lowest BCUT2D eigenvalue weighted by Gasteiger charge is -2.44. The molecule has 206 valence electrons. The van der Waals surface area contributed by atoms with E-state index < -0.39 is 35.5 Å². The number of carbonyl (C=O) groups is 4. The Morgan fingerprint density at radius 3 is 1.88 bits per heavy atom. The van der Waals surface area contributed by atoms with Crippen LogP contribution in [0.1, 0.15) is 24.3 Å². The number of phenolic OH excluding ortho intramolecular Hbond substituents is 1. The van der Waals surface area contributed by atoms with Crippen molar-refractivity contribution in [1.29, 1.82) is 0 Å². The molecule has 1 saturated carbocycles. The first-order valence-corrected chi connectivity index (χ1v) is 13.8. The topological polar surface area (TPSA) is 104 Å². The number of fused-ring (bicyclic) bond motifs is 4. The molecule has 4 amide bonds. The molecule has 3 fully saturated rings. The van der Waals surface area contributed by atoms with Crippen LogP contribution in [0.4, 0.5) is 11.4 Å². The summed E-state index contributed by atoms with van der Waals surface area (Å²) in [4.78, 5) is 58.1. The summed E-state index contributed by atoms with van der Waals surface area (Å²) < 4.78 is 5.39. The van der Waals surface area contributed by atoms with Gasteiger partial charge in [0.1, 0.15) is 0 Å². The standard InChI is InChI=1S/C33H28N2O6/c1-41-25-14-8-13-21(29(25)36)26-20-15-16-22-27(32(39)34(30(22)37)18-9-4-2-5-10-18)23(20)17-24-28(26)33(40)35(31(24)38)19-11-6-3-7-12-19/h2-15,22-24,26-28,36H,16-17H2,1H3/t22-,23+,24+,26+,27-,28+/m0/s1. The van der Waals surface area contributed by atoms with E-state index in [9.17, 15) is 24.3 Å². The predicted molar refractivity (Wildman–Crippen MR) is 150 cm³/mol. The van der Waals surface area contributed by atoms with Crippen LogP contribution in [0.15, 0.2) is 90.5 Å². The van der Waals surface area contributed by atoms with Crippen molar-refractivity contribution in [3.63, 3.8) is 0 Å². The molecule has 0 unspecified atom stereocenters. The molecule has 3 aromatic carbocycles. The van der Waals surface area contributed by atoms with E-state index in [-0.39, 0.29) is 41.5 Å². The Labute approximate surface area is 236 Å². The number of methoxy groups -OCH3 is 1. The quantitative estimate of drug-likeness (QED) is 0.382. The third-order valence-corrected chi connectivity index (χ3v) is 9.26. The zero-order valence-corrected chi connectivity index (χ0v) is 22.3. The molecule has 0 aromatic heterocycles. The summed E-state index contributed by atoms with van der Waals surface area (Å²) in [5.74, 6) is -4.82. The van der Waals surface area contributed by atoms with Crippen LogP contribution in [0, 0.1) is 29.6 Å². The van der Waals surface area contributed by atoms with Crippen LogP contribution in [-0.2, 0) is 19.2 Å². The van der Waals surface area contributed by atoms with E-state index >= 15 is 0 Å². The Kier molecular flexibility index (Phi) is 5.81. The zero-order chi connectivity index (χ0) is 28.4. The first-order valence-electron chi connectivity index (χ1n) is 13.8. The Morgan fingerprint density at radius 1 is 0.683 bits per heavy atom. The van der Waals surface area contributed by atoms with Gasteiger partial charge in [-0.15, -0.1) is 0 Å². The highest BCUT2D eigenvalue weighted by molar-refractivity contribution is 6.24. The summed E-state index contributed by atoms with van der Waals surface area (Å²) in [5, 5.41) is 11.3. The highest BCUT2D eigenvalue weighted by atomic mass is 16.5. The third kappa shape index (κ3) is 3.59. The molecule has 2 heterocycles. The molecule has 0 radical (unpaired) electrons. The van der Waals surface area contributed by atoms with Gasteiger partial charge in [-0.05, 0) is 49.1 Å². The van der Waals surface area contributed by atoms with Crippen LogP contribution in [-0.4, -0.2) is 35.8 Å². The van der Waals surface area contributed by atoms with Gasteiger partial charge < -0.3 is 9.84 Å². The van der Waals surface area contributed by atoms with Crippen LogP contribution in [0.3, 0.4) is 0 Å². The van der Waals surface area contributed by atoms with Gasteiger partial charge >= 0.3 is 0 Å². The van der Waals surface area contributed by atoms with Crippen LogP contribution < -0.4 is 14.5 Å². The summed E-state index contributed by atoms with van der Waals surface area (Å²) in [7, 11) is 1.46. The largest absolute Gasteiger partial charge is 0.504 e. The van der Waals surface area contributed by atoms with Crippen LogP contribution in [0.5, 0.6) is 11.5 Å². The minimum atomic E-state index is -0.766. The molecule has 41 heavy (non-hydrogen) atoms. The van der Waals surface area contributed by atoms with Gasteiger partial charge in [0.05, 0.1) is 42.2 Å². The smallest absolute Gasteiger partial charge is 0.238 e. The van der Waals surface area contributed by atoms with Gasteiger partial charge in [0.2, 0.25) is 23.6 Å². The maximum atomic E-state index is 14.1. The van der Waals surface area contributed by atoms with Crippen LogP contribution in [0.2, 0.25) is 0 Å². The van der Waals surface area contributed by atoms with Crippen molar-refractivity contribution in [2.75, 3.05) is 16.9 Å². The van der Waals surface area contributed by atoms with Crippen molar-refractivity contribution >= 4 is 35.0 Å². The summed E-state index contributed by atoms with van der Waals surface area (Å²) >= 11 is 0. The Bertz CT molecular complexity index is 1620. The monoisotopic (exact) mass is 548 g/mol. The van der Waals surface area contributed by atoms with Gasteiger partial charge in [-0.3, -0.25) is 29.0 Å². The van der Waals surface area contributed by atoms with Crippen molar-refractivity contribution in [3.8, 4) is 11.5 Å². The predicted octanol–water partition coefficient (Wildman–Crippen LogP) is 4.45. The summed E-state index contributed by atoms with van der Waals surface area (Å²) in [6.45, 7) is 0. The van der Waals surface area contributed by atoms with E-state index in [1.807, 2.05) is 18.2 Å². The molecule has 3 aromatic rings. The van der Waals surface area contributed by atoms with E-state index in [0.29, 0.717) is 23.4 Å². The van der Waals surface area contributed by atoms with E-state index in [4.69, 9.17) is 4.74 Å². The number of amides is 4. The molecule has 2 saturated heterocycles. The Hall–Kier alpha value is -4.72. The number of ether oxygens (including phenoxy) is 1. The van der Waals surface area contributed by atoms with Crippen molar-refractivity contribution in [1.82, 2.24) is 0 Å². The number of benzene rings is 3. The molecule has 1 N–H and O–H groups in total. The van der Waals surface area contributed by atoms with Gasteiger partial charge in [0.15, 0.2) is 11.5 Å². The number of hydrogen-bond donors (Lipinski definition) is 1. The van der Waals surface area contributed by atoms with Gasteiger partial charge in [-0.1, -0.05) is 60.2 Å². The number of hydrogen-bond acceptors (Lipinski definition) is 6. The molecule has 0 bridgehead atoms. The number of carbonyl (C=O) groups excluding carboxylic acids is 4. The number of nitrogens with zero attached hydrogens (tertiary/aromatic N) is 2. The highest BCUT2D eigenvalue weighted by Gasteiger charge is 2.62. The van der Waals surface area contributed by atoms with Gasteiger partial charge in [0, 0.05) is 11.5 Å². The second-order valence-electron chi connectivity index (χ2n) is 11.1. The second-order valence-corrected chi connectivity index (χ2v) is 11.1. The molecule has 7 rings (SSSR count). The molecule has 2 aliphatic carbocycles. The number of anilines is 2. The molecule has 2 aliphatic heterocycles. The minimum absolute atomic E-state index is 0.0967. The van der Waals surface area contributed by atoms with E-state index in [2.05, 4.69) is 0 Å². The maximum absolute atomic E-state index is 14.1. The summed E-state index contributed by atoms with van der Waals surface area (Å²) in [5.41, 5.74) is 2.31. The Morgan fingerprint density at radius 2 is 1.27 bits per heavy atom. The fourth-order valence-electron chi connectivity index (χ4n) is 7.55. The molecular formula is C33H28N2O6. The molecule has 0 spiro atoms. The van der Waals surface area contributed by atoms with Crippen LogP contribution >= 0.6 is 0 Å². The molecule has 8 heteroatoms. The highest BCUT2D eigenvalue weighted by Crippen LogP contribution is 2.59. The first kappa shape index (κ1) is 25.3. The third-order valence-electron chi connectivity index (χ3n) is 9.26. The fraction of sp³-hybridized carbons (Fsp3) is 0.273. The van der Waals surface area contributed by atoms with E-state index in [0.717, 1.165) is 5.57 Å². The normalized spacial score (nSPS) is 28.8. The van der Waals surface area contributed by atoms with Crippen molar-refractivity contribution in [3.05, 3.63) is 96.1 Å². The van der Waals surface area contributed by atoms with Crippen molar-refractivity contribution in [2.45, 2.75) is 18.8 Å². The van der Waals surface area contributed by atoms with Crippen molar-refractivity contribution < 1.29 is 29.0 Å². The molecule has 8 nitrogen and oxygen atoms in total. The SMILES string of the molecule is COc1cccc([C@H]2C3=CC[C@@H]4C(=O)N(c5ccccc5)C(=O)[C@@H]4[C@@H]3C[C@H]3C(=O)N(c4ccccc4)C(=O)[C@@H]23)c1O. The number of imide groups is 2. The summed E-state index contributed by atoms with van der Waals surface area (Å²) in [6.07, 6.45) is 2.58. The van der Waals surface area contributed by atoms with Gasteiger partial charge in [0.25, 0.3) is 0 Å². The molecular weight excluding hydrogens is 520 g/mol. The van der Waals surface area contributed by atoms with Gasteiger partial charge in [-0.25, -0.2) is 0 Å². The van der Waals surface area contributed by atoms with E-state index in [1.54, 1.807) is 66.7 Å². The van der Waals surface area contributed by atoms with Crippen molar-refractivity contribution in [2.24, 2.45) is 29.6 Å². The fourth-order valence-corrected chi connectivity index (χ4v) is 7.55. The van der Waals surface area contributed by atoms with E-state index in [1.165, 1.54) is 16.9 Å². The lowest BCUT2D eigenvalue weighted by molar-refractivity contribution is -0.126. The molecule has 4 aliphatic rings. The average Bonchev–Trinajstić information content (AvgIpc) is 3.41. The van der Waals surface area contributed by atoms with Gasteiger partial charge in [-0.2, -0.15) is 0 Å². The number of rotatable bonds is 4. The lowest BCUT2D eigenvalue weighted by Crippen LogP contribution is -2.43. The number of para-hydroxylation sites is 3. The molecule has 6 atom stereocenters. The van der Waals surface area contributed by atoms with Crippen LogP contribution in [0.25, 0.3) is 0 Å². The summed E-state index contributed by atoms with van der Waals surface area (Å²) in [6, 6.07) is 22.8. The average molecular weight is 549 g/mol. The second kappa shape index (κ2) is 9.44. The number of phenols is 1. The Balaban J connectivity index is 1.37. The number of aromatic hydroxyl groups is 1. The first-order chi connectivity index (χ1) is 19.9.